The average Bonchev–Trinajstić information content (AvgIpc) is 2.79. The number of hydrogen-bond donors (Lipinski definition) is 0. The second-order valence-corrected chi connectivity index (χ2v) is 12.9. The van der Waals surface area contributed by atoms with Crippen molar-refractivity contribution >= 4 is 31.9 Å². The lowest BCUT2D eigenvalue weighted by molar-refractivity contribution is 0.0181. The minimum absolute atomic E-state index is 0.00910. The smallest absolute Gasteiger partial charge is 0.410 e. The van der Waals surface area contributed by atoms with Crippen molar-refractivity contribution in [2.75, 3.05) is 18.8 Å². The van der Waals surface area contributed by atoms with Crippen LogP contribution in [0, 0.1) is 11.7 Å². The average molecular weight is 571 g/mol. The van der Waals surface area contributed by atoms with Gasteiger partial charge in [0.25, 0.3) is 0 Å². The molecule has 35 heavy (non-hydrogen) atoms. The van der Waals surface area contributed by atoms with Gasteiger partial charge in [0, 0.05) is 19.2 Å². The lowest BCUT2D eigenvalue weighted by Crippen LogP contribution is -2.41. The Kier molecular flexibility index (Phi) is 8.86. The molecule has 0 aliphatic carbocycles. The van der Waals surface area contributed by atoms with Crippen LogP contribution >= 0.6 is 15.9 Å². The van der Waals surface area contributed by atoms with Crippen LogP contribution < -0.4 is 4.74 Å². The number of ether oxygens (including phenoxy) is 2. The molecule has 0 spiro atoms. The van der Waals surface area contributed by atoms with Gasteiger partial charge in [0.2, 0.25) is 0 Å². The van der Waals surface area contributed by atoms with Gasteiger partial charge in [-0.15, -0.1) is 0 Å². The van der Waals surface area contributed by atoms with Gasteiger partial charge in [-0.05, 0) is 98.1 Å². The normalized spacial score (nSPS) is 15.2. The molecular weight excluding hydrogens is 537 g/mol. The third-order valence-corrected chi connectivity index (χ3v) is 8.33. The third kappa shape index (κ3) is 7.67. The number of amides is 1. The Bertz CT molecular complexity index is 1150. The molecule has 1 aliphatic heterocycles. The van der Waals surface area contributed by atoms with Crippen molar-refractivity contribution in [1.82, 2.24) is 4.90 Å². The van der Waals surface area contributed by atoms with E-state index in [0.717, 1.165) is 19.3 Å². The van der Waals surface area contributed by atoms with Gasteiger partial charge in [0.05, 0.1) is 15.1 Å². The number of halogens is 2. The van der Waals surface area contributed by atoms with Crippen LogP contribution in [0.2, 0.25) is 0 Å². The molecule has 0 unspecified atom stereocenters. The zero-order chi connectivity index (χ0) is 25.8. The molecule has 1 amide bonds. The molecular formula is C26H33BrFNO5S. The molecule has 1 fully saturated rings. The first kappa shape index (κ1) is 27.5. The Hall–Kier alpha value is -2.13. The van der Waals surface area contributed by atoms with E-state index in [0.29, 0.717) is 47.0 Å². The Morgan fingerprint density at radius 1 is 1.14 bits per heavy atom. The Morgan fingerprint density at radius 3 is 2.40 bits per heavy atom. The van der Waals surface area contributed by atoms with Gasteiger partial charge in [0.15, 0.2) is 9.84 Å². The van der Waals surface area contributed by atoms with Gasteiger partial charge in [-0.1, -0.05) is 13.0 Å². The number of carbonyl (C=O) groups excluding carboxylic acids is 1. The number of benzene rings is 2. The van der Waals surface area contributed by atoms with Crippen LogP contribution in [0.4, 0.5) is 9.18 Å². The molecule has 2 aromatic carbocycles. The van der Waals surface area contributed by atoms with Crippen molar-refractivity contribution in [3.05, 3.63) is 52.3 Å². The maximum atomic E-state index is 14.8. The Labute approximate surface area is 215 Å². The van der Waals surface area contributed by atoms with Crippen LogP contribution in [0.5, 0.6) is 11.5 Å². The number of piperidine rings is 1. The number of nitrogens with zero attached hydrogens (tertiary/aromatic N) is 1. The zero-order valence-corrected chi connectivity index (χ0v) is 23.0. The molecule has 3 rings (SSSR count). The summed E-state index contributed by atoms with van der Waals surface area (Å²) in [5.41, 5.74) is 0.117. The summed E-state index contributed by atoms with van der Waals surface area (Å²) in [6.45, 7) is 8.47. The molecule has 0 saturated carbocycles. The van der Waals surface area contributed by atoms with Crippen molar-refractivity contribution in [1.29, 1.82) is 0 Å². The molecule has 2 aromatic rings. The van der Waals surface area contributed by atoms with Gasteiger partial charge in [-0.25, -0.2) is 17.6 Å². The summed E-state index contributed by atoms with van der Waals surface area (Å²) < 4.78 is 50.5. The highest BCUT2D eigenvalue weighted by Gasteiger charge is 2.27. The van der Waals surface area contributed by atoms with Crippen LogP contribution in [0.25, 0.3) is 0 Å². The summed E-state index contributed by atoms with van der Waals surface area (Å²) in [7, 11) is -3.32. The first-order valence-corrected chi connectivity index (χ1v) is 14.3. The largest absolute Gasteiger partial charge is 0.456 e. The van der Waals surface area contributed by atoms with E-state index < -0.39 is 15.4 Å². The summed E-state index contributed by atoms with van der Waals surface area (Å²) in [6, 6.07) is 9.33. The molecule has 9 heteroatoms. The standard InChI is InChI=1S/C26H33BrFNO5S/c1-5-35(31,32)21-10-11-24(22(27)17-21)33-20-9-8-19(23(28)16-20)7-6-18-12-14-29(15-13-18)25(30)34-26(2,3)4/h8-11,16-18H,5-7,12-15H2,1-4H3. The SMILES string of the molecule is CCS(=O)(=O)c1ccc(Oc2ccc(CCC3CCN(C(=O)OC(C)(C)C)CC3)c(F)c2)c(Br)c1. The van der Waals surface area contributed by atoms with E-state index in [-0.39, 0.29) is 22.6 Å². The van der Waals surface area contributed by atoms with E-state index in [1.165, 1.54) is 18.2 Å². The fraction of sp³-hybridized carbons (Fsp3) is 0.500. The maximum Gasteiger partial charge on any atom is 0.410 e. The van der Waals surface area contributed by atoms with Gasteiger partial charge < -0.3 is 14.4 Å². The zero-order valence-electron chi connectivity index (χ0n) is 20.6. The van der Waals surface area contributed by atoms with Gasteiger partial charge >= 0.3 is 6.09 Å². The maximum absolute atomic E-state index is 14.8. The summed E-state index contributed by atoms with van der Waals surface area (Å²) in [6.07, 6.45) is 2.93. The van der Waals surface area contributed by atoms with Crippen molar-refractivity contribution in [3.8, 4) is 11.5 Å². The lowest BCUT2D eigenvalue weighted by atomic mass is 9.90. The Morgan fingerprint density at radius 2 is 1.83 bits per heavy atom. The minimum atomic E-state index is -3.32. The van der Waals surface area contributed by atoms with Crippen LogP contribution in [-0.4, -0.2) is 43.9 Å². The number of hydrogen-bond acceptors (Lipinski definition) is 5. The van der Waals surface area contributed by atoms with Crippen LogP contribution in [-0.2, 0) is 21.0 Å². The number of aryl methyl sites for hydroxylation is 1. The number of sulfone groups is 1. The van der Waals surface area contributed by atoms with Crippen LogP contribution in [0.1, 0.15) is 52.5 Å². The first-order chi connectivity index (χ1) is 16.4. The molecule has 192 valence electrons. The summed E-state index contributed by atoms with van der Waals surface area (Å²) in [5, 5.41) is 0. The van der Waals surface area contributed by atoms with Gasteiger partial charge in [0.1, 0.15) is 22.9 Å². The fourth-order valence-electron chi connectivity index (χ4n) is 3.94. The number of likely N-dealkylation sites (tertiary alicyclic amines) is 1. The number of carbonyl (C=O) groups is 1. The van der Waals surface area contributed by atoms with Gasteiger partial charge in [-0.3, -0.25) is 0 Å². The molecule has 0 bridgehead atoms. The topological polar surface area (TPSA) is 72.9 Å². The van der Waals surface area contributed by atoms with E-state index in [4.69, 9.17) is 9.47 Å². The highest BCUT2D eigenvalue weighted by Crippen LogP contribution is 2.33. The summed E-state index contributed by atoms with van der Waals surface area (Å²) in [5.74, 6) is 0.843. The second-order valence-electron chi connectivity index (χ2n) is 9.80. The van der Waals surface area contributed by atoms with E-state index >= 15 is 0 Å². The van der Waals surface area contributed by atoms with E-state index in [1.807, 2.05) is 20.8 Å². The van der Waals surface area contributed by atoms with Crippen molar-refractivity contribution in [2.24, 2.45) is 5.92 Å². The summed E-state index contributed by atoms with van der Waals surface area (Å²) >= 11 is 3.34. The van der Waals surface area contributed by atoms with Crippen molar-refractivity contribution in [3.63, 3.8) is 0 Å². The molecule has 0 N–H and O–H groups in total. The molecule has 0 atom stereocenters. The van der Waals surface area contributed by atoms with Crippen LogP contribution in [0.3, 0.4) is 0 Å². The first-order valence-electron chi connectivity index (χ1n) is 11.8. The molecule has 1 aliphatic rings. The molecule has 0 aromatic heterocycles. The van der Waals surface area contributed by atoms with E-state index in [2.05, 4.69) is 15.9 Å². The monoisotopic (exact) mass is 569 g/mol. The van der Waals surface area contributed by atoms with Crippen molar-refractivity contribution < 1.29 is 27.1 Å². The molecule has 1 saturated heterocycles. The predicted octanol–water partition coefficient (Wildman–Crippen LogP) is 6.75. The Balaban J connectivity index is 1.54. The lowest BCUT2D eigenvalue weighted by Gasteiger charge is -2.33. The summed E-state index contributed by atoms with van der Waals surface area (Å²) in [4.78, 5) is 14.2. The molecule has 0 radical (unpaired) electrons. The quantitative estimate of drug-likeness (QED) is 0.368. The molecule has 6 nitrogen and oxygen atoms in total. The fourth-order valence-corrected chi connectivity index (χ4v) is 5.45. The predicted molar refractivity (Wildman–Crippen MR) is 137 cm³/mol. The van der Waals surface area contributed by atoms with Crippen molar-refractivity contribution in [2.45, 2.75) is 63.9 Å². The number of rotatable bonds is 7. The molecule has 1 heterocycles. The van der Waals surface area contributed by atoms with E-state index in [9.17, 15) is 17.6 Å². The van der Waals surface area contributed by atoms with E-state index in [1.54, 1.807) is 30.0 Å². The third-order valence-electron chi connectivity index (χ3n) is 5.98. The van der Waals surface area contributed by atoms with Crippen LogP contribution in [0.15, 0.2) is 45.8 Å². The second kappa shape index (κ2) is 11.3. The van der Waals surface area contributed by atoms with Gasteiger partial charge in [-0.2, -0.15) is 0 Å². The highest BCUT2D eigenvalue weighted by molar-refractivity contribution is 9.10. The highest BCUT2D eigenvalue weighted by atomic mass is 79.9. The minimum Gasteiger partial charge on any atom is -0.456 e.